The zero-order valence-electron chi connectivity index (χ0n) is 15.8. The first-order valence-electron chi connectivity index (χ1n) is 9.54. The summed E-state index contributed by atoms with van der Waals surface area (Å²) in [5, 5.41) is 0. The van der Waals surface area contributed by atoms with E-state index >= 15 is 0 Å². The van der Waals surface area contributed by atoms with E-state index in [1.807, 2.05) is 30.3 Å². The van der Waals surface area contributed by atoms with Gasteiger partial charge in [-0.1, -0.05) is 54.6 Å². The lowest BCUT2D eigenvalue weighted by atomic mass is 9.89. The molecule has 1 heterocycles. The molecule has 138 valence electrons. The van der Waals surface area contributed by atoms with Gasteiger partial charge in [0.15, 0.2) is 0 Å². The minimum Gasteiger partial charge on any atom is -0.489 e. The van der Waals surface area contributed by atoms with Gasteiger partial charge in [0, 0.05) is 18.3 Å². The molecule has 1 atom stereocenters. The van der Waals surface area contributed by atoms with E-state index < -0.39 is 0 Å². The summed E-state index contributed by atoms with van der Waals surface area (Å²) in [5.74, 6) is 0.870. The van der Waals surface area contributed by atoms with E-state index in [1.165, 1.54) is 11.1 Å². The van der Waals surface area contributed by atoms with Crippen LogP contribution >= 0.6 is 0 Å². The number of nitrogens with zero attached hydrogens (tertiary/aromatic N) is 1. The number of fused-ring (bicyclic) bond motifs is 1. The van der Waals surface area contributed by atoms with E-state index in [0.717, 1.165) is 42.0 Å². The Hall–Kier alpha value is -2.78. The fraction of sp³-hybridized carbons (Fsp3) is 0.250. The van der Waals surface area contributed by atoms with Gasteiger partial charge in [0.25, 0.3) is 0 Å². The third-order valence-corrected chi connectivity index (χ3v) is 5.46. The molecule has 0 bridgehead atoms. The third kappa shape index (κ3) is 3.99. The maximum absolute atomic E-state index is 6.31. The second kappa shape index (κ2) is 7.85. The first-order chi connectivity index (χ1) is 13.2. The van der Waals surface area contributed by atoms with E-state index in [0.29, 0.717) is 12.6 Å². The summed E-state index contributed by atoms with van der Waals surface area (Å²) in [6, 6.07) is 25.4. The van der Waals surface area contributed by atoms with Crippen LogP contribution in [0.1, 0.15) is 28.3 Å². The topological polar surface area (TPSA) is 38.5 Å². The molecule has 0 saturated carbocycles. The number of rotatable bonds is 5. The van der Waals surface area contributed by atoms with Crippen LogP contribution in [0.5, 0.6) is 5.75 Å². The molecule has 0 saturated heterocycles. The number of likely N-dealkylation sites (N-methyl/N-ethyl adjacent to an activating group) is 1. The van der Waals surface area contributed by atoms with Gasteiger partial charge in [0.2, 0.25) is 0 Å². The smallest absolute Gasteiger partial charge is 0.120 e. The molecule has 4 rings (SSSR count). The van der Waals surface area contributed by atoms with Crippen LogP contribution in [0, 0.1) is 0 Å². The lowest BCUT2D eigenvalue weighted by Gasteiger charge is -2.35. The highest BCUT2D eigenvalue weighted by Gasteiger charge is 2.25. The van der Waals surface area contributed by atoms with Crippen LogP contribution in [0.15, 0.2) is 72.8 Å². The molecule has 3 aromatic rings. The van der Waals surface area contributed by atoms with E-state index in [2.05, 4.69) is 54.4 Å². The molecule has 0 fully saturated rings. The summed E-state index contributed by atoms with van der Waals surface area (Å²) in [7, 11) is 2.20. The Balaban J connectivity index is 1.54. The Morgan fingerprint density at radius 3 is 2.63 bits per heavy atom. The Kier molecular flexibility index (Phi) is 5.12. The van der Waals surface area contributed by atoms with Crippen LogP contribution in [-0.2, 0) is 19.4 Å². The van der Waals surface area contributed by atoms with Crippen molar-refractivity contribution in [3.63, 3.8) is 0 Å². The maximum Gasteiger partial charge on any atom is 0.120 e. The average molecular weight is 358 g/mol. The van der Waals surface area contributed by atoms with Crippen LogP contribution in [0.3, 0.4) is 0 Å². The number of benzene rings is 3. The third-order valence-electron chi connectivity index (χ3n) is 5.46. The molecule has 1 aliphatic heterocycles. The predicted molar refractivity (Wildman–Crippen MR) is 111 cm³/mol. The van der Waals surface area contributed by atoms with Crippen molar-refractivity contribution in [2.75, 3.05) is 19.3 Å². The fourth-order valence-corrected chi connectivity index (χ4v) is 3.84. The number of nitrogen functional groups attached to an aromatic ring is 1. The van der Waals surface area contributed by atoms with Crippen molar-refractivity contribution in [3.8, 4) is 5.75 Å². The molecule has 3 heteroatoms. The monoisotopic (exact) mass is 358 g/mol. The quantitative estimate of drug-likeness (QED) is 0.677. The summed E-state index contributed by atoms with van der Waals surface area (Å²) in [6.07, 6.45) is 2.00. The summed E-state index contributed by atoms with van der Waals surface area (Å²) in [6.45, 7) is 1.64. The van der Waals surface area contributed by atoms with Crippen molar-refractivity contribution in [1.29, 1.82) is 0 Å². The van der Waals surface area contributed by atoms with Crippen LogP contribution < -0.4 is 10.5 Å². The predicted octanol–water partition coefficient (Wildman–Crippen LogP) is 4.62. The molecule has 0 spiro atoms. The second-order valence-corrected chi connectivity index (χ2v) is 7.28. The molecule has 1 aliphatic rings. The Morgan fingerprint density at radius 2 is 1.78 bits per heavy atom. The van der Waals surface area contributed by atoms with E-state index in [4.69, 9.17) is 10.5 Å². The Morgan fingerprint density at radius 1 is 1.00 bits per heavy atom. The van der Waals surface area contributed by atoms with Gasteiger partial charge >= 0.3 is 0 Å². The van der Waals surface area contributed by atoms with E-state index in [9.17, 15) is 0 Å². The van der Waals surface area contributed by atoms with Gasteiger partial charge in [-0.3, -0.25) is 4.90 Å². The molecular formula is C24H26N2O. The van der Waals surface area contributed by atoms with Crippen molar-refractivity contribution >= 4 is 5.69 Å². The standard InChI is InChI=1S/C24H26N2O/c1-26-14-13-19-9-5-6-10-22(19)24(26)16-20-15-21(11-12-23(20)25)27-17-18-7-3-2-4-8-18/h2-12,15,24H,13-14,16-17,25H2,1H3/t24-/m0/s1. The van der Waals surface area contributed by atoms with Crippen LogP contribution in [0.25, 0.3) is 0 Å². The first-order valence-corrected chi connectivity index (χ1v) is 9.54. The molecule has 0 radical (unpaired) electrons. The highest BCUT2D eigenvalue weighted by atomic mass is 16.5. The van der Waals surface area contributed by atoms with Gasteiger partial charge in [-0.25, -0.2) is 0 Å². The summed E-state index contributed by atoms with van der Waals surface area (Å²) in [4.78, 5) is 2.43. The van der Waals surface area contributed by atoms with E-state index in [1.54, 1.807) is 0 Å². The SMILES string of the molecule is CN1CCc2ccccc2[C@@H]1Cc1cc(OCc2ccccc2)ccc1N. The largest absolute Gasteiger partial charge is 0.489 e. The zero-order valence-corrected chi connectivity index (χ0v) is 15.8. The van der Waals surface area contributed by atoms with E-state index in [-0.39, 0.29) is 0 Å². The normalized spacial score (nSPS) is 16.7. The number of nitrogens with two attached hydrogens (primary N) is 1. The summed E-state index contributed by atoms with van der Waals surface area (Å²) >= 11 is 0. The molecule has 0 amide bonds. The van der Waals surface area contributed by atoms with Gasteiger partial charge in [-0.05, 0) is 60.3 Å². The molecule has 0 aromatic heterocycles. The minimum atomic E-state index is 0.349. The van der Waals surface area contributed by atoms with Crippen molar-refractivity contribution < 1.29 is 4.74 Å². The van der Waals surface area contributed by atoms with Crippen molar-refractivity contribution in [3.05, 3.63) is 95.1 Å². The molecule has 3 aromatic carbocycles. The van der Waals surface area contributed by atoms with Crippen molar-refractivity contribution in [1.82, 2.24) is 4.90 Å². The summed E-state index contributed by atoms with van der Waals surface area (Å²) in [5.41, 5.74) is 12.3. The first kappa shape index (κ1) is 17.6. The number of hydrogen-bond donors (Lipinski definition) is 1. The molecule has 0 unspecified atom stereocenters. The summed E-state index contributed by atoms with van der Waals surface area (Å²) < 4.78 is 6.00. The fourth-order valence-electron chi connectivity index (χ4n) is 3.84. The Bertz CT molecular complexity index is 907. The van der Waals surface area contributed by atoms with Crippen molar-refractivity contribution in [2.24, 2.45) is 0 Å². The lowest BCUT2D eigenvalue weighted by molar-refractivity contribution is 0.229. The average Bonchev–Trinajstić information content (AvgIpc) is 2.71. The van der Waals surface area contributed by atoms with Crippen LogP contribution in [0.2, 0.25) is 0 Å². The maximum atomic E-state index is 6.31. The van der Waals surface area contributed by atoms with Gasteiger partial charge < -0.3 is 10.5 Å². The lowest BCUT2D eigenvalue weighted by Crippen LogP contribution is -2.33. The highest BCUT2D eigenvalue weighted by Crippen LogP contribution is 2.33. The minimum absolute atomic E-state index is 0.349. The van der Waals surface area contributed by atoms with Gasteiger partial charge in [-0.15, -0.1) is 0 Å². The highest BCUT2D eigenvalue weighted by molar-refractivity contribution is 5.51. The number of ether oxygens (including phenoxy) is 1. The van der Waals surface area contributed by atoms with Gasteiger partial charge in [0.1, 0.15) is 12.4 Å². The zero-order chi connectivity index (χ0) is 18.6. The molecule has 27 heavy (non-hydrogen) atoms. The Labute approximate surface area is 161 Å². The molecule has 3 nitrogen and oxygen atoms in total. The molecular weight excluding hydrogens is 332 g/mol. The second-order valence-electron chi connectivity index (χ2n) is 7.28. The van der Waals surface area contributed by atoms with Crippen LogP contribution in [0.4, 0.5) is 5.69 Å². The van der Waals surface area contributed by atoms with Crippen LogP contribution in [-0.4, -0.2) is 18.5 Å². The van der Waals surface area contributed by atoms with Gasteiger partial charge in [0.05, 0.1) is 0 Å². The number of anilines is 1. The molecule has 2 N–H and O–H groups in total. The van der Waals surface area contributed by atoms with Crippen molar-refractivity contribution in [2.45, 2.75) is 25.5 Å². The molecule has 0 aliphatic carbocycles. The van der Waals surface area contributed by atoms with Gasteiger partial charge in [-0.2, -0.15) is 0 Å². The number of hydrogen-bond acceptors (Lipinski definition) is 3.